The van der Waals surface area contributed by atoms with Gasteiger partial charge in [0.25, 0.3) is 0 Å². The predicted molar refractivity (Wildman–Crippen MR) is 82.4 cm³/mol. The normalized spacial score (nSPS) is 17.1. The summed E-state index contributed by atoms with van der Waals surface area (Å²) in [6, 6.07) is 7.91. The van der Waals surface area contributed by atoms with Gasteiger partial charge in [-0.1, -0.05) is 45.2 Å². The average molecular weight is 377 g/mol. The van der Waals surface area contributed by atoms with Crippen molar-refractivity contribution in [2.75, 3.05) is 11.9 Å². The Morgan fingerprint density at radius 2 is 2.05 bits per heavy atom. The van der Waals surface area contributed by atoms with Crippen molar-refractivity contribution in [2.24, 2.45) is 0 Å². The fourth-order valence-electron chi connectivity index (χ4n) is 2.13. The molecule has 0 radical (unpaired) electrons. The van der Waals surface area contributed by atoms with Crippen molar-refractivity contribution in [3.8, 4) is 5.75 Å². The summed E-state index contributed by atoms with van der Waals surface area (Å²) in [7, 11) is 0. The third-order valence-corrected chi connectivity index (χ3v) is 4.24. The SMILES string of the molecule is Fc1ccc(C2CNc3cc(Cl)cc(Cl)c3O2)c(Br)c1. The number of hydrogen-bond acceptors (Lipinski definition) is 2. The first-order valence-electron chi connectivity index (χ1n) is 5.89. The molecule has 0 fully saturated rings. The number of nitrogens with one attached hydrogen (secondary N) is 1. The third-order valence-electron chi connectivity index (χ3n) is 3.06. The van der Waals surface area contributed by atoms with E-state index in [-0.39, 0.29) is 11.9 Å². The molecule has 20 heavy (non-hydrogen) atoms. The van der Waals surface area contributed by atoms with Crippen LogP contribution in [0.5, 0.6) is 5.75 Å². The van der Waals surface area contributed by atoms with Gasteiger partial charge in [-0.15, -0.1) is 0 Å². The lowest BCUT2D eigenvalue weighted by Crippen LogP contribution is -2.24. The molecular weight excluding hydrogens is 368 g/mol. The largest absolute Gasteiger partial charge is 0.480 e. The monoisotopic (exact) mass is 375 g/mol. The molecule has 0 aliphatic carbocycles. The van der Waals surface area contributed by atoms with Crippen LogP contribution < -0.4 is 10.1 Å². The molecule has 104 valence electrons. The quantitative estimate of drug-likeness (QED) is 0.715. The lowest BCUT2D eigenvalue weighted by atomic mass is 10.1. The van der Waals surface area contributed by atoms with Crippen molar-refractivity contribution in [2.45, 2.75) is 6.10 Å². The van der Waals surface area contributed by atoms with Crippen molar-refractivity contribution < 1.29 is 9.13 Å². The predicted octanol–water partition coefficient (Wildman–Crippen LogP) is 5.44. The van der Waals surface area contributed by atoms with Gasteiger partial charge >= 0.3 is 0 Å². The topological polar surface area (TPSA) is 21.3 Å². The zero-order valence-corrected chi connectivity index (χ0v) is 13.2. The Hall–Kier alpha value is -0.970. The maximum Gasteiger partial charge on any atom is 0.162 e. The number of halogens is 4. The van der Waals surface area contributed by atoms with E-state index in [4.69, 9.17) is 27.9 Å². The van der Waals surface area contributed by atoms with Gasteiger partial charge in [0.2, 0.25) is 0 Å². The number of fused-ring (bicyclic) bond motifs is 1. The van der Waals surface area contributed by atoms with Crippen LogP contribution in [0.3, 0.4) is 0 Å². The second kappa shape index (κ2) is 5.43. The minimum absolute atomic E-state index is 0.254. The fraction of sp³-hybridized carbons (Fsp3) is 0.143. The van der Waals surface area contributed by atoms with Crippen LogP contribution in [-0.2, 0) is 0 Å². The highest BCUT2D eigenvalue weighted by atomic mass is 79.9. The molecule has 1 aliphatic rings. The van der Waals surface area contributed by atoms with Gasteiger partial charge in [-0.2, -0.15) is 0 Å². The summed E-state index contributed by atoms with van der Waals surface area (Å²) in [5.74, 6) is 0.262. The van der Waals surface area contributed by atoms with E-state index in [1.807, 2.05) is 0 Å². The molecule has 0 bridgehead atoms. The Kier molecular flexibility index (Phi) is 3.80. The first-order valence-corrected chi connectivity index (χ1v) is 7.44. The van der Waals surface area contributed by atoms with Crippen molar-refractivity contribution in [3.05, 3.63) is 56.2 Å². The number of hydrogen-bond donors (Lipinski definition) is 1. The lowest BCUT2D eigenvalue weighted by molar-refractivity contribution is 0.210. The van der Waals surface area contributed by atoms with Crippen LogP contribution in [0.1, 0.15) is 11.7 Å². The molecular formula is C14H9BrCl2FNO. The van der Waals surface area contributed by atoms with Gasteiger partial charge in [0.05, 0.1) is 17.3 Å². The zero-order valence-electron chi connectivity index (χ0n) is 10.1. The number of rotatable bonds is 1. The lowest BCUT2D eigenvalue weighted by Gasteiger charge is -2.29. The Labute approximate surface area is 134 Å². The fourth-order valence-corrected chi connectivity index (χ4v) is 3.28. The third kappa shape index (κ3) is 2.60. The van der Waals surface area contributed by atoms with E-state index in [9.17, 15) is 4.39 Å². The highest BCUT2D eigenvalue weighted by Gasteiger charge is 2.25. The van der Waals surface area contributed by atoms with Crippen LogP contribution in [0.2, 0.25) is 10.0 Å². The second-order valence-electron chi connectivity index (χ2n) is 4.42. The first-order chi connectivity index (χ1) is 9.54. The smallest absolute Gasteiger partial charge is 0.162 e. The van der Waals surface area contributed by atoms with Crippen LogP contribution in [0, 0.1) is 5.82 Å². The van der Waals surface area contributed by atoms with Crippen LogP contribution >= 0.6 is 39.1 Å². The maximum atomic E-state index is 13.1. The van der Waals surface area contributed by atoms with E-state index < -0.39 is 0 Å². The average Bonchev–Trinajstić information content (AvgIpc) is 2.38. The Morgan fingerprint density at radius 3 is 2.80 bits per heavy atom. The zero-order chi connectivity index (χ0) is 14.3. The molecule has 0 saturated heterocycles. The molecule has 1 N–H and O–H groups in total. The summed E-state index contributed by atoms with van der Waals surface area (Å²) in [5, 5.41) is 4.22. The summed E-state index contributed by atoms with van der Waals surface area (Å²) in [5.41, 5.74) is 1.62. The standard InChI is InChI=1S/C14H9BrCl2FNO/c15-10-5-8(18)1-2-9(10)13-6-19-12-4-7(16)3-11(17)14(12)20-13/h1-5,13,19H,6H2. The van der Waals surface area contributed by atoms with Gasteiger partial charge in [-0.3, -0.25) is 0 Å². The summed E-state index contributed by atoms with van der Waals surface area (Å²) < 4.78 is 19.7. The van der Waals surface area contributed by atoms with E-state index in [1.165, 1.54) is 12.1 Å². The summed E-state index contributed by atoms with van der Waals surface area (Å²) in [6.07, 6.45) is -0.254. The van der Waals surface area contributed by atoms with E-state index in [0.717, 1.165) is 11.3 Å². The molecule has 1 heterocycles. The molecule has 2 nitrogen and oxygen atoms in total. The molecule has 2 aromatic carbocycles. The summed E-state index contributed by atoms with van der Waals surface area (Å²) in [4.78, 5) is 0. The first kappa shape index (κ1) is 14.0. The highest BCUT2D eigenvalue weighted by molar-refractivity contribution is 9.10. The highest BCUT2D eigenvalue weighted by Crippen LogP contribution is 2.42. The van der Waals surface area contributed by atoms with Crippen molar-refractivity contribution in [3.63, 3.8) is 0 Å². The molecule has 1 aliphatic heterocycles. The van der Waals surface area contributed by atoms with Gasteiger partial charge < -0.3 is 10.1 Å². The van der Waals surface area contributed by atoms with Crippen molar-refractivity contribution in [1.29, 1.82) is 0 Å². The maximum absolute atomic E-state index is 13.1. The molecule has 6 heteroatoms. The van der Waals surface area contributed by atoms with Crippen molar-refractivity contribution in [1.82, 2.24) is 0 Å². The molecule has 0 amide bonds. The molecule has 1 unspecified atom stereocenters. The minimum Gasteiger partial charge on any atom is -0.480 e. The molecule has 0 saturated carbocycles. The molecule has 1 atom stereocenters. The van der Waals surface area contributed by atoms with Crippen LogP contribution in [0.4, 0.5) is 10.1 Å². The van der Waals surface area contributed by atoms with Gasteiger partial charge in [0.15, 0.2) is 5.75 Å². The van der Waals surface area contributed by atoms with Gasteiger partial charge in [0.1, 0.15) is 11.9 Å². The summed E-state index contributed by atoms with van der Waals surface area (Å²) >= 11 is 15.4. The van der Waals surface area contributed by atoms with Crippen LogP contribution in [-0.4, -0.2) is 6.54 Å². The molecule has 2 aromatic rings. The van der Waals surface area contributed by atoms with E-state index in [1.54, 1.807) is 18.2 Å². The van der Waals surface area contributed by atoms with Crippen LogP contribution in [0.25, 0.3) is 0 Å². The van der Waals surface area contributed by atoms with E-state index >= 15 is 0 Å². The molecule has 0 spiro atoms. The van der Waals surface area contributed by atoms with Crippen LogP contribution in [0.15, 0.2) is 34.8 Å². The van der Waals surface area contributed by atoms with E-state index in [0.29, 0.717) is 26.8 Å². The number of benzene rings is 2. The van der Waals surface area contributed by atoms with E-state index in [2.05, 4.69) is 21.2 Å². The van der Waals surface area contributed by atoms with Gasteiger partial charge in [-0.25, -0.2) is 4.39 Å². The molecule has 3 rings (SSSR count). The second-order valence-corrected chi connectivity index (χ2v) is 6.12. The summed E-state index contributed by atoms with van der Waals surface area (Å²) in [6.45, 7) is 0.550. The Bertz CT molecular complexity index is 680. The number of ether oxygens (including phenoxy) is 1. The Morgan fingerprint density at radius 1 is 1.25 bits per heavy atom. The molecule has 0 aromatic heterocycles. The van der Waals surface area contributed by atoms with Gasteiger partial charge in [-0.05, 0) is 24.3 Å². The van der Waals surface area contributed by atoms with Gasteiger partial charge in [0, 0.05) is 15.1 Å². The number of anilines is 1. The minimum atomic E-state index is -0.297. The van der Waals surface area contributed by atoms with Crippen molar-refractivity contribution >= 4 is 44.8 Å². The Balaban J connectivity index is 1.96.